The SMILES string of the molecule is O=C(CCCN1CCSCC1)CSc1c(-c2cc(Cl)ccc2O)c2cc(C(F)(F)F)ccc2[nH]c1=O. The third kappa shape index (κ3) is 6.40. The molecule has 192 valence electrons. The van der Waals surface area contributed by atoms with Crippen molar-refractivity contribution in [2.75, 3.05) is 36.9 Å². The van der Waals surface area contributed by atoms with Crippen LogP contribution in [-0.2, 0) is 11.0 Å². The fourth-order valence-corrected chi connectivity index (χ4v) is 6.26. The van der Waals surface area contributed by atoms with E-state index in [0.29, 0.717) is 12.8 Å². The number of carbonyl (C=O) groups excluding carboxylic acids is 1. The number of hydrogen-bond acceptors (Lipinski definition) is 6. The van der Waals surface area contributed by atoms with Gasteiger partial charge in [-0.05, 0) is 49.4 Å². The number of rotatable bonds is 8. The van der Waals surface area contributed by atoms with Crippen molar-refractivity contribution in [1.82, 2.24) is 9.88 Å². The number of nitrogens with zero attached hydrogens (tertiary/aromatic N) is 1. The summed E-state index contributed by atoms with van der Waals surface area (Å²) < 4.78 is 40.4. The van der Waals surface area contributed by atoms with Gasteiger partial charge < -0.3 is 15.0 Å². The van der Waals surface area contributed by atoms with Gasteiger partial charge in [-0.3, -0.25) is 9.59 Å². The molecule has 0 bridgehead atoms. The van der Waals surface area contributed by atoms with E-state index in [1.165, 1.54) is 24.3 Å². The summed E-state index contributed by atoms with van der Waals surface area (Å²) in [6.07, 6.45) is -3.55. The second-order valence-electron chi connectivity index (χ2n) is 8.46. The third-order valence-corrected chi connectivity index (χ3v) is 8.26. The average Bonchev–Trinajstić information content (AvgIpc) is 2.84. The van der Waals surface area contributed by atoms with Crippen LogP contribution in [0.5, 0.6) is 5.75 Å². The molecule has 1 aliphatic heterocycles. The highest BCUT2D eigenvalue weighted by atomic mass is 35.5. The summed E-state index contributed by atoms with van der Waals surface area (Å²) in [6.45, 7) is 2.84. The number of aromatic nitrogens is 1. The first kappa shape index (κ1) is 26.9. The number of Topliss-reactive ketones (excluding diaryl/α,β-unsaturated/α-hetero) is 1. The van der Waals surface area contributed by atoms with Crippen LogP contribution in [-0.4, -0.2) is 57.7 Å². The highest BCUT2D eigenvalue weighted by molar-refractivity contribution is 8.00. The number of phenolic OH excluding ortho intramolecular Hbond substituents is 1. The van der Waals surface area contributed by atoms with Crippen molar-refractivity contribution in [3.05, 3.63) is 57.3 Å². The molecule has 11 heteroatoms. The summed E-state index contributed by atoms with van der Waals surface area (Å²) in [5.74, 6) is 1.86. The molecule has 36 heavy (non-hydrogen) atoms. The molecule has 1 fully saturated rings. The lowest BCUT2D eigenvalue weighted by molar-refractivity contribution is -0.137. The lowest BCUT2D eigenvalue weighted by atomic mass is 9.98. The lowest BCUT2D eigenvalue weighted by Crippen LogP contribution is -2.33. The normalized spacial score (nSPS) is 14.9. The number of hydrogen-bond donors (Lipinski definition) is 2. The van der Waals surface area contributed by atoms with E-state index >= 15 is 0 Å². The van der Waals surface area contributed by atoms with Crippen LogP contribution >= 0.6 is 35.1 Å². The Bertz CT molecular complexity index is 1320. The maximum atomic E-state index is 13.5. The van der Waals surface area contributed by atoms with Crippen molar-refractivity contribution in [2.24, 2.45) is 0 Å². The van der Waals surface area contributed by atoms with Crippen LogP contribution in [0, 0.1) is 0 Å². The van der Waals surface area contributed by atoms with E-state index in [-0.39, 0.29) is 49.2 Å². The Morgan fingerprint density at radius 1 is 1.17 bits per heavy atom. The predicted octanol–water partition coefficient (Wildman–Crippen LogP) is 6.06. The van der Waals surface area contributed by atoms with Crippen molar-refractivity contribution < 1.29 is 23.1 Å². The number of H-pyrrole nitrogens is 1. The Hall–Kier alpha value is -2.14. The summed E-state index contributed by atoms with van der Waals surface area (Å²) in [5.41, 5.74) is -1.04. The number of fused-ring (bicyclic) bond motifs is 1. The topological polar surface area (TPSA) is 73.4 Å². The molecule has 0 aliphatic carbocycles. The molecule has 0 atom stereocenters. The van der Waals surface area contributed by atoms with Crippen LogP contribution in [0.4, 0.5) is 13.2 Å². The predicted molar refractivity (Wildman–Crippen MR) is 140 cm³/mol. The number of aromatic hydroxyl groups is 1. The minimum absolute atomic E-state index is 0.0161. The zero-order chi connectivity index (χ0) is 25.9. The summed E-state index contributed by atoms with van der Waals surface area (Å²) in [4.78, 5) is 30.6. The van der Waals surface area contributed by atoms with Gasteiger partial charge in [0.05, 0.1) is 16.2 Å². The summed E-state index contributed by atoms with van der Waals surface area (Å²) >= 11 is 9.00. The Labute approximate surface area is 219 Å². The zero-order valence-corrected chi connectivity index (χ0v) is 21.5. The number of benzene rings is 2. The van der Waals surface area contributed by atoms with Crippen LogP contribution in [0.25, 0.3) is 22.0 Å². The molecule has 1 aromatic heterocycles. The monoisotopic (exact) mass is 556 g/mol. The van der Waals surface area contributed by atoms with E-state index in [0.717, 1.165) is 55.0 Å². The number of carbonyl (C=O) groups is 1. The fraction of sp³-hybridized carbons (Fsp3) is 0.360. The molecule has 5 nitrogen and oxygen atoms in total. The van der Waals surface area contributed by atoms with Gasteiger partial charge in [-0.25, -0.2) is 0 Å². The summed E-state index contributed by atoms with van der Waals surface area (Å²) in [5, 5.41) is 10.9. The number of nitrogens with one attached hydrogen (secondary N) is 1. The van der Waals surface area contributed by atoms with Gasteiger partial charge in [0.1, 0.15) is 11.5 Å². The van der Waals surface area contributed by atoms with Crippen LogP contribution < -0.4 is 5.56 Å². The fourth-order valence-electron chi connectivity index (χ4n) is 4.11. The summed E-state index contributed by atoms with van der Waals surface area (Å²) in [7, 11) is 0. The summed E-state index contributed by atoms with van der Waals surface area (Å²) in [6, 6.07) is 7.16. The second kappa shape index (κ2) is 11.5. The molecule has 2 heterocycles. The van der Waals surface area contributed by atoms with Crippen LogP contribution in [0.15, 0.2) is 46.1 Å². The van der Waals surface area contributed by atoms with Gasteiger partial charge in [-0.2, -0.15) is 24.9 Å². The molecule has 2 N–H and O–H groups in total. The molecule has 0 saturated carbocycles. The highest BCUT2D eigenvalue weighted by Gasteiger charge is 2.31. The van der Waals surface area contributed by atoms with E-state index in [9.17, 15) is 27.9 Å². The lowest BCUT2D eigenvalue weighted by Gasteiger charge is -2.25. The molecular formula is C25H24ClF3N2O3S2. The molecular weight excluding hydrogens is 533 g/mol. The van der Waals surface area contributed by atoms with Gasteiger partial charge in [-0.15, -0.1) is 11.8 Å². The van der Waals surface area contributed by atoms with Crippen molar-refractivity contribution in [3.63, 3.8) is 0 Å². The Morgan fingerprint density at radius 3 is 2.64 bits per heavy atom. The minimum atomic E-state index is -4.60. The Kier molecular flexibility index (Phi) is 8.59. The standard InChI is InChI=1S/C25H24ClF3N2O3S2/c26-16-4-6-21(33)19(13-16)22-18-12-15(25(27,28)29)3-5-20(18)30-24(34)23(22)36-14-17(32)2-1-7-31-8-10-35-11-9-31/h3-6,12-13,33H,1-2,7-11,14H2,(H,30,34). The molecule has 1 saturated heterocycles. The quantitative estimate of drug-likeness (QED) is 0.328. The molecule has 2 aromatic carbocycles. The van der Waals surface area contributed by atoms with Crippen LogP contribution in [0.2, 0.25) is 5.02 Å². The number of pyridine rings is 1. The third-order valence-electron chi connectivity index (χ3n) is 5.94. The number of ketones is 1. The largest absolute Gasteiger partial charge is 0.507 e. The smallest absolute Gasteiger partial charge is 0.416 e. The van der Waals surface area contributed by atoms with E-state index in [2.05, 4.69) is 9.88 Å². The van der Waals surface area contributed by atoms with Gasteiger partial charge in [0, 0.05) is 58.1 Å². The second-order valence-corrected chi connectivity index (χ2v) is 11.1. The maximum Gasteiger partial charge on any atom is 0.416 e. The van der Waals surface area contributed by atoms with Gasteiger partial charge in [-0.1, -0.05) is 11.6 Å². The molecule has 3 aromatic rings. The maximum absolute atomic E-state index is 13.5. The first-order valence-electron chi connectivity index (χ1n) is 11.3. The zero-order valence-electron chi connectivity index (χ0n) is 19.2. The van der Waals surface area contributed by atoms with Gasteiger partial charge in [0.15, 0.2) is 0 Å². The van der Waals surface area contributed by atoms with Crippen molar-refractivity contribution in [1.29, 1.82) is 0 Å². The van der Waals surface area contributed by atoms with E-state index in [1.807, 2.05) is 11.8 Å². The molecule has 0 amide bonds. The number of phenols is 1. The van der Waals surface area contributed by atoms with E-state index in [1.54, 1.807) is 0 Å². The van der Waals surface area contributed by atoms with Gasteiger partial charge in [0.2, 0.25) is 0 Å². The number of halogens is 4. The molecule has 0 radical (unpaired) electrons. The molecule has 0 spiro atoms. The van der Waals surface area contributed by atoms with Crippen molar-refractivity contribution >= 4 is 51.8 Å². The highest BCUT2D eigenvalue weighted by Crippen LogP contribution is 2.42. The minimum Gasteiger partial charge on any atom is -0.507 e. The number of thioether (sulfide) groups is 2. The first-order valence-corrected chi connectivity index (χ1v) is 13.9. The van der Waals surface area contributed by atoms with E-state index in [4.69, 9.17) is 11.6 Å². The number of aromatic amines is 1. The van der Waals surface area contributed by atoms with Crippen LogP contribution in [0.3, 0.4) is 0 Å². The first-order chi connectivity index (χ1) is 17.1. The Morgan fingerprint density at radius 2 is 1.92 bits per heavy atom. The Balaban J connectivity index is 1.66. The molecule has 4 rings (SSSR count). The van der Waals surface area contributed by atoms with Gasteiger partial charge >= 0.3 is 6.18 Å². The van der Waals surface area contributed by atoms with Crippen LogP contribution in [0.1, 0.15) is 18.4 Å². The molecule has 1 aliphatic rings. The van der Waals surface area contributed by atoms with Gasteiger partial charge in [0.25, 0.3) is 5.56 Å². The van der Waals surface area contributed by atoms with Crippen molar-refractivity contribution in [3.8, 4) is 16.9 Å². The molecule has 0 unspecified atom stereocenters. The van der Waals surface area contributed by atoms with E-state index < -0.39 is 17.3 Å². The number of alkyl halides is 3. The average molecular weight is 557 g/mol. The van der Waals surface area contributed by atoms with Crippen molar-refractivity contribution in [2.45, 2.75) is 23.9 Å².